The first-order chi connectivity index (χ1) is 13.5. The number of hydrogen-bond acceptors (Lipinski definition) is 5. The summed E-state index contributed by atoms with van der Waals surface area (Å²) in [6, 6.07) is -0.678. The van der Waals surface area contributed by atoms with Crippen molar-refractivity contribution in [1.29, 1.82) is 0 Å². The fraction of sp³-hybridized carbons (Fsp3) is 0.850. The number of nitrogens with zero attached hydrogens (tertiary/aromatic N) is 2. The summed E-state index contributed by atoms with van der Waals surface area (Å²) in [5.41, 5.74) is 3.23. The number of halogens is 1. The summed E-state index contributed by atoms with van der Waals surface area (Å²) in [5.74, 6) is 0.457. The van der Waals surface area contributed by atoms with Gasteiger partial charge < -0.3 is 4.74 Å². The Hall–Kier alpha value is -0.900. The molecule has 0 aromatic carbocycles. The zero-order valence-corrected chi connectivity index (χ0v) is 19.1. The lowest BCUT2D eigenvalue weighted by Crippen LogP contribution is -2.46. The molecule has 0 bridgehead atoms. The van der Waals surface area contributed by atoms with Gasteiger partial charge in [-0.1, -0.05) is 51.4 Å². The van der Waals surface area contributed by atoms with Crippen molar-refractivity contribution in [3.63, 3.8) is 0 Å². The first-order valence-electron chi connectivity index (χ1n) is 10.8. The number of imide groups is 1. The summed E-state index contributed by atoms with van der Waals surface area (Å²) < 4.78 is 6.11. The molecular formula is C20H34IN3O4. The van der Waals surface area contributed by atoms with Crippen LogP contribution in [0.2, 0.25) is 0 Å². The van der Waals surface area contributed by atoms with Crippen LogP contribution in [0.15, 0.2) is 0 Å². The molecule has 0 aromatic rings. The molecule has 28 heavy (non-hydrogen) atoms. The van der Waals surface area contributed by atoms with Crippen molar-refractivity contribution >= 4 is 40.8 Å². The molecule has 7 nitrogen and oxygen atoms in total. The van der Waals surface area contributed by atoms with Crippen molar-refractivity contribution in [1.82, 2.24) is 13.5 Å². The SMILES string of the molecule is CCOC(=O)CCCCCCC1C(=O)N(I)C(=O)N1NCCC1CCCCC1. The maximum atomic E-state index is 12.4. The molecule has 0 radical (unpaired) electrons. The van der Waals surface area contributed by atoms with E-state index >= 15 is 0 Å². The average molecular weight is 507 g/mol. The third-order valence-electron chi connectivity index (χ3n) is 5.64. The number of hydrazine groups is 1. The topological polar surface area (TPSA) is 79.0 Å². The first-order valence-corrected chi connectivity index (χ1v) is 11.7. The summed E-state index contributed by atoms with van der Waals surface area (Å²) in [6.45, 7) is 2.97. The van der Waals surface area contributed by atoms with E-state index in [0.717, 1.165) is 44.6 Å². The molecular weight excluding hydrogens is 473 g/mol. The Bertz CT molecular complexity index is 526. The number of amides is 3. The van der Waals surface area contributed by atoms with Crippen LogP contribution < -0.4 is 5.43 Å². The van der Waals surface area contributed by atoms with E-state index in [1.165, 1.54) is 40.2 Å². The largest absolute Gasteiger partial charge is 0.466 e. The molecule has 1 atom stereocenters. The van der Waals surface area contributed by atoms with E-state index in [-0.39, 0.29) is 17.9 Å². The molecule has 1 aliphatic carbocycles. The fourth-order valence-corrected chi connectivity index (χ4v) is 4.61. The molecule has 0 spiro atoms. The normalized spacial score (nSPS) is 20.9. The number of esters is 1. The molecule has 160 valence electrons. The predicted molar refractivity (Wildman–Crippen MR) is 115 cm³/mol. The molecule has 1 heterocycles. The highest BCUT2D eigenvalue weighted by Gasteiger charge is 2.44. The first kappa shape index (κ1) is 23.4. The minimum absolute atomic E-state index is 0.137. The van der Waals surface area contributed by atoms with Crippen LogP contribution in [0.4, 0.5) is 4.79 Å². The Morgan fingerprint density at radius 1 is 1.11 bits per heavy atom. The van der Waals surface area contributed by atoms with Crippen LogP contribution in [0.1, 0.15) is 84.0 Å². The molecule has 0 aromatic heterocycles. The van der Waals surface area contributed by atoms with Gasteiger partial charge in [-0.15, -0.1) is 0 Å². The van der Waals surface area contributed by atoms with Crippen LogP contribution in [-0.2, 0) is 14.3 Å². The number of carbonyl (C=O) groups excluding carboxylic acids is 3. The van der Waals surface area contributed by atoms with E-state index in [1.54, 1.807) is 22.9 Å². The van der Waals surface area contributed by atoms with Crippen molar-refractivity contribution < 1.29 is 19.1 Å². The van der Waals surface area contributed by atoms with Gasteiger partial charge in [0.05, 0.1) is 29.5 Å². The predicted octanol–water partition coefficient (Wildman–Crippen LogP) is 4.35. The van der Waals surface area contributed by atoms with Gasteiger partial charge >= 0.3 is 12.0 Å². The Kier molecular flexibility index (Phi) is 10.5. The number of rotatable bonds is 12. The highest BCUT2D eigenvalue weighted by atomic mass is 127. The van der Waals surface area contributed by atoms with E-state index in [0.29, 0.717) is 19.4 Å². The lowest BCUT2D eigenvalue weighted by atomic mass is 9.87. The van der Waals surface area contributed by atoms with Gasteiger partial charge in [0.15, 0.2) is 0 Å². The highest BCUT2D eigenvalue weighted by molar-refractivity contribution is 14.1. The Labute approximate surface area is 182 Å². The summed E-state index contributed by atoms with van der Waals surface area (Å²) in [4.78, 5) is 36.1. The van der Waals surface area contributed by atoms with E-state index in [2.05, 4.69) is 5.43 Å². The van der Waals surface area contributed by atoms with Crippen molar-refractivity contribution in [2.24, 2.45) is 5.92 Å². The van der Waals surface area contributed by atoms with Gasteiger partial charge in [0.2, 0.25) is 0 Å². The average Bonchev–Trinajstić information content (AvgIpc) is 2.89. The van der Waals surface area contributed by atoms with E-state index in [9.17, 15) is 14.4 Å². The molecule has 1 saturated heterocycles. The number of ether oxygens (including phenoxy) is 1. The summed E-state index contributed by atoms with van der Waals surface area (Å²) in [6.07, 6.45) is 12.2. The third-order valence-corrected chi connectivity index (χ3v) is 6.53. The molecule has 1 aliphatic heterocycles. The number of hydrogen-bond donors (Lipinski definition) is 1. The van der Waals surface area contributed by atoms with Gasteiger partial charge in [0, 0.05) is 13.0 Å². The number of nitrogens with one attached hydrogen (secondary N) is 1. The standard InChI is InChI=1S/C20H34IN3O4/c1-2-28-18(25)13-9-4-3-8-12-17-19(26)23(21)20(27)24(17)22-15-14-16-10-6-5-7-11-16/h16-17,22H,2-15H2,1H3. The second-order valence-electron chi connectivity index (χ2n) is 7.75. The van der Waals surface area contributed by atoms with Gasteiger partial charge in [-0.3, -0.25) is 9.59 Å². The lowest BCUT2D eigenvalue weighted by molar-refractivity contribution is -0.143. The van der Waals surface area contributed by atoms with Gasteiger partial charge in [-0.2, -0.15) is 3.11 Å². The summed E-state index contributed by atoms with van der Waals surface area (Å²) >= 11 is 1.80. The molecule has 2 rings (SSSR count). The Morgan fingerprint density at radius 2 is 1.82 bits per heavy atom. The van der Waals surface area contributed by atoms with Gasteiger partial charge in [-0.05, 0) is 32.1 Å². The summed E-state index contributed by atoms with van der Waals surface area (Å²) in [5, 5.41) is 1.54. The number of urea groups is 1. The minimum atomic E-state index is -0.416. The third kappa shape index (κ3) is 7.17. The van der Waals surface area contributed by atoms with Crippen LogP contribution >= 0.6 is 22.9 Å². The molecule has 2 fully saturated rings. The molecule has 8 heteroatoms. The zero-order valence-electron chi connectivity index (χ0n) is 17.0. The lowest BCUT2D eigenvalue weighted by Gasteiger charge is -2.25. The molecule has 1 saturated carbocycles. The fourth-order valence-electron chi connectivity index (χ4n) is 4.05. The number of unbranched alkanes of at least 4 members (excludes halogenated alkanes) is 3. The number of carbonyl (C=O) groups is 3. The molecule has 2 aliphatic rings. The maximum absolute atomic E-state index is 12.4. The van der Waals surface area contributed by atoms with Crippen molar-refractivity contribution in [2.45, 2.75) is 90.0 Å². The van der Waals surface area contributed by atoms with Crippen molar-refractivity contribution in [2.75, 3.05) is 13.2 Å². The second kappa shape index (κ2) is 12.6. The van der Waals surface area contributed by atoms with Gasteiger partial charge in [0.25, 0.3) is 5.91 Å². The molecule has 3 amide bonds. The second-order valence-corrected chi connectivity index (χ2v) is 8.71. The molecule has 1 unspecified atom stereocenters. The Morgan fingerprint density at radius 3 is 2.54 bits per heavy atom. The minimum Gasteiger partial charge on any atom is -0.466 e. The van der Waals surface area contributed by atoms with Crippen LogP contribution in [0.25, 0.3) is 0 Å². The Balaban J connectivity index is 1.69. The van der Waals surface area contributed by atoms with Gasteiger partial charge in [-0.25, -0.2) is 15.2 Å². The quantitative estimate of drug-likeness (QED) is 0.140. The van der Waals surface area contributed by atoms with Crippen LogP contribution in [0, 0.1) is 5.92 Å². The van der Waals surface area contributed by atoms with Crippen molar-refractivity contribution in [3.8, 4) is 0 Å². The van der Waals surface area contributed by atoms with E-state index in [1.807, 2.05) is 6.92 Å². The maximum Gasteiger partial charge on any atom is 0.350 e. The van der Waals surface area contributed by atoms with Crippen LogP contribution in [0.3, 0.4) is 0 Å². The summed E-state index contributed by atoms with van der Waals surface area (Å²) in [7, 11) is 0. The van der Waals surface area contributed by atoms with Crippen LogP contribution in [-0.4, -0.2) is 45.2 Å². The zero-order chi connectivity index (χ0) is 20.4. The van der Waals surface area contributed by atoms with E-state index in [4.69, 9.17) is 4.74 Å². The smallest absolute Gasteiger partial charge is 0.350 e. The molecule has 1 N–H and O–H groups in total. The van der Waals surface area contributed by atoms with E-state index < -0.39 is 6.04 Å². The monoisotopic (exact) mass is 507 g/mol. The highest BCUT2D eigenvalue weighted by Crippen LogP contribution is 2.27. The van der Waals surface area contributed by atoms with Crippen LogP contribution in [0.5, 0.6) is 0 Å². The van der Waals surface area contributed by atoms with Gasteiger partial charge in [0.1, 0.15) is 6.04 Å². The van der Waals surface area contributed by atoms with Crippen molar-refractivity contribution in [3.05, 3.63) is 0 Å².